The van der Waals surface area contributed by atoms with Crippen molar-refractivity contribution < 1.29 is 18.1 Å². The summed E-state index contributed by atoms with van der Waals surface area (Å²) >= 11 is 0. The molecule has 1 heterocycles. The molecule has 9 nitrogen and oxygen atoms in total. The smallest absolute Gasteiger partial charge is 0.273 e. The van der Waals surface area contributed by atoms with E-state index >= 15 is 0 Å². The molecule has 0 aromatic heterocycles. The molecule has 30 heavy (non-hydrogen) atoms. The molecule has 0 saturated carbocycles. The van der Waals surface area contributed by atoms with Crippen LogP contribution < -0.4 is 14.4 Å². The van der Waals surface area contributed by atoms with E-state index in [1.165, 1.54) is 18.9 Å². The Bertz CT molecular complexity index is 976. The number of nitrogens with one attached hydrogen (secondary N) is 1. The number of nitro groups is 1. The highest BCUT2D eigenvalue weighted by Gasteiger charge is 2.25. The number of piperazine rings is 1. The average Bonchev–Trinajstić information content (AvgIpc) is 2.77. The van der Waals surface area contributed by atoms with Gasteiger partial charge in [0.1, 0.15) is 10.6 Å². The zero-order chi connectivity index (χ0) is 21.7. The largest absolute Gasteiger partial charge is 0.495 e. The van der Waals surface area contributed by atoms with Crippen molar-refractivity contribution in [3.8, 4) is 5.75 Å². The molecule has 10 heteroatoms. The topological polar surface area (TPSA) is 105 Å². The number of para-hydroxylation sites is 1. The molecule has 0 aliphatic carbocycles. The standard InChI is InChI=1S/C20H26N4O5S/c1-16(22-10-12-23(13-11-22)17-6-4-3-5-7-17)15-21-30(27,28)20-9-8-18(24(25)26)14-19(20)29-2/h3-9,14,16,21H,10-13,15H2,1-2H3. The predicted octanol–water partition coefficient (Wildman–Crippen LogP) is 2.09. The van der Waals surface area contributed by atoms with Crippen LogP contribution in [0.25, 0.3) is 0 Å². The van der Waals surface area contributed by atoms with Crippen molar-refractivity contribution in [2.24, 2.45) is 0 Å². The van der Waals surface area contributed by atoms with Crippen molar-refractivity contribution >= 4 is 21.4 Å². The fourth-order valence-electron chi connectivity index (χ4n) is 3.49. The zero-order valence-electron chi connectivity index (χ0n) is 17.0. The maximum Gasteiger partial charge on any atom is 0.273 e. The molecule has 1 N–H and O–H groups in total. The van der Waals surface area contributed by atoms with Crippen LogP contribution in [-0.2, 0) is 10.0 Å². The van der Waals surface area contributed by atoms with Gasteiger partial charge in [0.25, 0.3) is 5.69 Å². The number of sulfonamides is 1. The van der Waals surface area contributed by atoms with Crippen LogP contribution in [0.1, 0.15) is 6.92 Å². The van der Waals surface area contributed by atoms with Gasteiger partial charge < -0.3 is 9.64 Å². The molecule has 1 unspecified atom stereocenters. The van der Waals surface area contributed by atoms with Gasteiger partial charge in [-0.1, -0.05) is 18.2 Å². The lowest BCUT2D eigenvalue weighted by Gasteiger charge is -2.39. The van der Waals surface area contributed by atoms with Gasteiger partial charge in [-0.15, -0.1) is 0 Å². The van der Waals surface area contributed by atoms with Crippen LogP contribution in [0.5, 0.6) is 5.75 Å². The Labute approximate surface area is 176 Å². The fourth-order valence-corrected chi connectivity index (χ4v) is 4.76. The minimum absolute atomic E-state index is 0.00161. The van der Waals surface area contributed by atoms with Crippen LogP contribution in [0.4, 0.5) is 11.4 Å². The first-order chi connectivity index (χ1) is 14.3. The monoisotopic (exact) mass is 434 g/mol. The van der Waals surface area contributed by atoms with Gasteiger partial charge in [0, 0.05) is 50.5 Å². The van der Waals surface area contributed by atoms with E-state index in [9.17, 15) is 18.5 Å². The molecule has 1 aliphatic heterocycles. The Balaban J connectivity index is 1.59. The zero-order valence-corrected chi connectivity index (χ0v) is 17.8. The number of anilines is 1. The number of nitrogens with zero attached hydrogens (tertiary/aromatic N) is 3. The third kappa shape index (κ3) is 5.07. The summed E-state index contributed by atoms with van der Waals surface area (Å²) < 4.78 is 33.1. The maximum atomic E-state index is 12.7. The number of ether oxygens (including phenoxy) is 1. The summed E-state index contributed by atoms with van der Waals surface area (Å²) in [5.41, 5.74) is 0.964. The number of non-ortho nitro benzene ring substituents is 1. The first kappa shape index (κ1) is 22.0. The highest BCUT2D eigenvalue weighted by Crippen LogP contribution is 2.28. The summed E-state index contributed by atoms with van der Waals surface area (Å²) in [7, 11) is -2.58. The summed E-state index contributed by atoms with van der Waals surface area (Å²) in [4.78, 5) is 14.8. The number of methoxy groups -OCH3 is 1. The molecular formula is C20H26N4O5S. The van der Waals surface area contributed by atoms with E-state index < -0.39 is 14.9 Å². The van der Waals surface area contributed by atoms with Crippen molar-refractivity contribution in [1.82, 2.24) is 9.62 Å². The number of nitro benzene ring substituents is 1. The average molecular weight is 435 g/mol. The van der Waals surface area contributed by atoms with Crippen molar-refractivity contribution in [2.75, 3.05) is 44.7 Å². The van der Waals surface area contributed by atoms with Crippen LogP contribution in [-0.4, -0.2) is 64.1 Å². The minimum Gasteiger partial charge on any atom is -0.495 e. The van der Waals surface area contributed by atoms with Crippen molar-refractivity contribution in [2.45, 2.75) is 17.9 Å². The van der Waals surface area contributed by atoms with E-state index in [0.29, 0.717) is 0 Å². The number of hydrogen-bond donors (Lipinski definition) is 1. The van der Waals surface area contributed by atoms with Crippen LogP contribution in [0.3, 0.4) is 0 Å². The molecule has 2 aromatic rings. The normalized spacial score (nSPS) is 16.3. The van der Waals surface area contributed by atoms with Crippen molar-refractivity contribution in [3.63, 3.8) is 0 Å². The summed E-state index contributed by atoms with van der Waals surface area (Å²) in [6.45, 7) is 5.62. The highest BCUT2D eigenvalue weighted by atomic mass is 32.2. The van der Waals surface area contributed by atoms with Gasteiger partial charge in [-0.25, -0.2) is 13.1 Å². The Morgan fingerprint density at radius 2 is 1.80 bits per heavy atom. The van der Waals surface area contributed by atoms with Crippen LogP contribution >= 0.6 is 0 Å². The highest BCUT2D eigenvalue weighted by molar-refractivity contribution is 7.89. The van der Waals surface area contributed by atoms with Crippen LogP contribution in [0, 0.1) is 10.1 Å². The van der Waals surface area contributed by atoms with E-state index in [0.717, 1.165) is 38.3 Å². The summed E-state index contributed by atoms with van der Waals surface area (Å²) in [5, 5.41) is 10.9. The Morgan fingerprint density at radius 3 is 2.40 bits per heavy atom. The van der Waals surface area contributed by atoms with Gasteiger partial charge in [-0.3, -0.25) is 15.0 Å². The lowest BCUT2D eigenvalue weighted by Crippen LogP contribution is -2.52. The SMILES string of the molecule is COc1cc([N+](=O)[O-])ccc1S(=O)(=O)NCC(C)N1CCN(c2ccccc2)CC1. The summed E-state index contributed by atoms with van der Waals surface area (Å²) in [6, 6.07) is 13.7. The first-order valence-corrected chi connectivity index (χ1v) is 11.2. The molecule has 0 amide bonds. The third-order valence-electron chi connectivity index (χ3n) is 5.28. The lowest BCUT2D eigenvalue weighted by molar-refractivity contribution is -0.385. The molecule has 1 aliphatic rings. The molecular weight excluding hydrogens is 408 g/mol. The summed E-state index contributed by atoms with van der Waals surface area (Å²) in [5.74, 6) is -0.0548. The van der Waals surface area contributed by atoms with E-state index in [1.54, 1.807) is 0 Å². The molecule has 3 rings (SSSR count). The summed E-state index contributed by atoms with van der Waals surface area (Å²) in [6.07, 6.45) is 0. The second kappa shape index (κ2) is 9.41. The van der Waals surface area contributed by atoms with Crippen molar-refractivity contribution in [1.29, 1.82) is 0 Å². The molecule has 1 atom stereocenters. The quantitative estimate of drug-likeness (QED) is 0.501. The van der Waals surface area contributed by atoms with Crippen LogP contribution in [0.2, 0.25) is 0 Å². The molecule has 0 spiro atoms. The lowest BCUT2D eigenvalue weighted by atomic mass is 10.2. The number of rotatable bonds is 8. The van der Waals surface area contributed by atoms with Gasteiger partial charge in [0.05, 0.1) is 18.1 Å². The van der Waals surface area contributed by atoms with Gasteiger partial charge >= 0.3 is 0 Å². The predicted molar refractivity (Wildman–Crippen MR) is 115 cm³/mol. The molecule has 0 bridgehead atoms. The van der Waals surface area contributed by atoms with E-state index in [1.807, 2.05) is 25.1 Å². The molecule has 2 aromatic carbocycles. The molecule has 0 radical (unpaired) electrons. The molecule has 1 fully saturated rings. The van der Waals surface area contributed by atoms with E-state index in [-0.39, 0.29) is 28.9 Å². The fraction of sp³-hybridized carbons (Fsp3) is 0.400. The van der Waals surface area contributed by atoms with Gasteiger partial charge in [-0.2, -0.15) is 0 Å². The maximum absolute atomic E-state index is 12.7. The van der Waals surface area contributed by atoms with Crippen molar-refractivity contribution in [3.05, 3.63) is 58.6 Å². The number of hydrogen-bond acceptors (Lipinski definition) is 7. The molecule has 1 saturated heterocycles. The third-order valence-corrected chi connectivity index (χ3v) is 6.74. The van der Waals surface area contributed by atoms with Gasteiger partial charge in [0.2, 0.25) is 10.0 Å². The minimum atomic E-state index is -3.87. The second-order valence-corrected chi connectivity index (χ2v) is 8.89. The first-order valence-electron chi connectivity index (χ1n) is 9.68. The van der Waals surface area contributed by atoms with E-state index in [2.05, 4.69) is 26.7 Å². The van der Waals surface area contributed by atoms with E-state index in [4.69, 9.17) is 4.74 Å². The molecule has 162 valence electrons. The Kier molecular flexibility index (Phi) is 6.91. The van der Waals surface area contributed by atoms with Gasteiger partial charge in [-0.05, 0) is 25.1 Å². The van der Waals surface area contributed by atoms with Gasteiger partial charge in [0.15, 0.2) is 0 Å². The Hall–Kier alpha value is -2.69. The number of benzene rings is 2. The second-order valence-electron chi connectivity index (χ2n) is 7.15. The van der Waals surface area contributed by atoms with Crippen LogP contribution in [0.15, 0.2) is 53.4 Å². The Morgan fingerprint density at radius 1 is 1.13 bits per heavy atom.